The van der Waals surface area contributed by atoms with E-state index in [1.807, 2.05) is 6.07 Å². The lowest BCUT2D eigenvalue weighted by Crippen LogP contribution is -1.96. The van der Waals surface area contributed by atoms with Gasteiger partial charge in [0.1, 0.15) is 0 Å². The number of aromatic nitrogens is 4. The minimum absolute atomic E-state index is 0.286. The maximum absolute atomic E-state index is 5.53. The normalized spacial score (nSPS) is 10.5. The average Bonchev–Trinajstić information content (AvgIpc) is 2.66. The van der Waals surface area contributed by atoms with Crippen molar-refractivity contribution in [2.45, 2.75) is 6.42 Å². The first-order chi connectivity index (χ1) is 7.31. The van der Waals surface area contributed by atoms with Crippen LogP contribution in [0.15, 0.2) is 18.5 Å². The lowest BCUT2D eigenvalue weighted by atomic mass is 10.1. The van der Waals surface area contributed by atoms with Crippen molar-refractivity contribution in [1.29, 1.82) is 0 Å². The van der Waals surface area contributed by atoms with Crippen LogP contribution in [0.5, 0.6) is 0 Å². The van der Waals surface area contributed by atoms with Gasteiger partial charge in [-0.25, -0.2) is 9.97 Å². The SMILES string of the molecule is Nc1nccc(-c2cn[nH]c2CCI)n1. The van der Waals surface area contributed by atoms with Gasteiger partial charge in [-0.1, -0.05) is 22.6 Å². The molecule has 0 spiro atoms. The van der Waals surface area contributed by atoms with Gasteiger partial charge in [0.2, 0.25) is 5.95 Å². The summed E-state index contributed by atoms with van der Waals surface area (Å²) in [7, 11) is 0. The van der Waals surface area contributed by atoms with Gasteiger partial charge in [0.05, 0.1) is 11.9 Å². The van der Waals surface area contributed by atoms with E-state index in [0.29, 0.717) is 0 Å². The first-order valence-corrected chi connectivity index (χ1v) is 6.01. The van der Waals surface area contributed by atoms with E-state index in [1.165, 1.54) is 0 Å². The van der Waals surface area contributed by atoms with Crippen molar-refractivity contribution in [3.63, 3.8) is 0 Å². The van der Waals surface area contributed by atoms with Crippen molar-refractivity contribution >= 4 is 28.5 Å². The highest BCUT2D eigenvalue weighted by atomic mass is 127. The fourth-order valence-corrected chi connectivity index (χ4v) is 1.88. The first kappa shape index (κ1) is 10.3. The molecule has 0 aromatic carbocycles. The molecule has 0 unspecified atom stereocenters. The molecule has 2 aromatic heterocycles. The van der Waals surface area contributed by atoms with Crippen LogP contribution in [0.2, 0.25) is 0 Å². The summed E-state index contributed by atoms with van der Waals surface area (Å²) in [6.07, 6.45) is 4.36. The topological polar surface area (TPSA) is 80.5 Å². The van der Waals surface area contributed by atoms with Crippen LogP contribution in [0.1, 0.15) is 5.69 Å². The lowest BCUT2D eigenvalue weighted by molar-refractivity contribution is 0.987. The van der Waals surface area contributed by atoms with Gasteiger partial charge in [-0.15, -0.1) is 0 Å². The quantitative estimate of drug-likeness (QED) is 0.663. The summed E-state index contributed by atoms with van der Waals surface area (Å²) in [5.41, 5.74) is 8.44. The fraction of sp³-hybridized carbons (Fsp3) is 0.222. The Bertz CT molecular complexity index is 453. The van der Waals surface area contributed by atoms with Crippen LogP contribution in [-0.4, -0.2) is 24.6 Å². The van der Waals surface area contributed by atoms with E-state index in [9.17, 15) is 0 Å². The lowest BCUT2D eigenvalue weighted by Gasteiger charge is -2.00. The van der Waals surface area contributed by atoms with Gasteiger partial charge in [0, 0.05) is 21.9 Å². The molecule has 0 aliphatic carbocycles. The number of nitrogens with zero attached hydrogens (tertiary/aromatic N) is 3. The molecular formula is C9H10IN5. The second-order valence-electron chi connectivity index (χ2n) is 3.00. The number of rotatable bonds is 3. The molecule has 15 heavy (non-hydrogen) atoms. The highest BCUT2D eigenvalue weighted by Crippen LogP contribution is 2.20. The first-order valence-electron chi connectivity index (χ1n) is 4.48. The van der Waals surface area contributed by atoms with Crippen LogP contribution in [0.4, 0.5) is 5.95 Å². The van der Waals surface area contributed by atoms with Crippen molar-refractivity contribution in [1.82, 2.24) is 20.2 Å². The Morgan fingerprint density at radius 2 is 2.33 bits per heavy atom. The Balaban J connectivity index is 2.40. The Kier molecular flexibility index (Phi) is 3.14. The van der Waals surface area contributed by atoms with Crippen LogP contribution >= 0.6 is 22.6 Å². The molecular weight excluding hydrogens is 305 g/mol. The molecule has 0 saturated heterocycles. The number of aromatic amines is 1. The zero-order valence-electron chi connectivity index (χ0n) is 7.94. The van der Waals surface area contributed by atoms with Crippen molar-refractivity contribution in [2.24, 2.45) is 0 Å². The summed E-state index contributed by atoms with van der Waals surface area (Å²) in [5, 5.41) is 6.99. The van der Waals surface area contributed by atoms with E-state index in [4.69, 9.17) is 5.73 Å². The van der Waals surface area contributed by atoms with Crippen molar-refractivity contribution in [2.75, 3.05) is 10.2 Å². The van der Waals surface area contributed by atoms with E-state index in [1.54, 1.807) is 12.4 Å². The van der Waals surface area contributed by atoms with Gasteiger partial charge < -0.3 is 5.73 Å². The van der Waals surface area contributed by atoms with Crippen molar-refractivity contribution < 1.29 is 0 Å². The number of H-pyrrole nitrogens is 1. The summed E-state index contributed by atoms with van der Waals surface area (Å²) >= 11 is 2.33. The number of aryl methyl sites for hydroxylation is 1. The van der Waals surface area contributed by atoms with Gasteiger partial charge in [-0.2, -0.15) is 5.10 Å². The van der Waals surface area contributed by atoms with Gasteiger partial charge in [-0.3, -0.25) is 5.10 Å². The summed E-state index contributed by atoms with van der Waals surface area (Å²) in [6, 6.07) is 1.83. The van der Waals surface area contributed by atoms with Gasteiger partial charge in [0.25, 0.3) is 0 Å². The molecule has 0 aliphatic rings. The van der Waals surface area contributed by atoms with E-state index >= 15 is 0 Å². The average molecular weight is 315 g/mol. The maximum Gasteiger partial charge on any atom is 0.220 e. The number of alkyl halides is 1. The summed E-state index contributed by atoms with van der Waals surface area (Å²) in [4.78, 5) is 8.02. The maximum atomic E-state index is 5.53. The third kappa shape index (κ3) is 2.25. The zero-order chi connectivity index (χ0) is 10.7. The molecule has 0 aliphatic heterocycles. The molecule has 0 atom stereocenters. The molecule has 2 heterocycles. The summed E-state index contributed by atoms with van der Waals surface area (Å²) in [5.74, 6) is 0.286. The molecule has 2 rings (SSSR count). The molecule has 0 radical (unpaired) electrons. The van der Waals surface area contributed by atoms with E-state index in [2.05, 4.69) is 42.8 Å². The third-order valence-electron chi connectivity index (χ3n) is 2.01. The minimum atomic E-state index is 0.286. The van der Waals surface area contributed by atoms with Gasteiger partial charge in [0.15, 0.2) is 0 Å². The predicted octanol–water partition coefficient (Wildman–Crippen LogP) is 1.43. The monoisotopic (exact) mass is 315 g/mol. The van der Waals surface area contributed by atoms with Crippen molar-refractivity contribution in [3.05, 3.63) is 24.2 Å². The number of nitrogens with one attached hydrogen (secondary N) is 1. The Morgan fingerprint density at radius 1 is 1.47 bits per heavy atom. The number of hydrogen-bond donors (Lipinski definition) is 2. The number of hydrogen-bond acceptors (Lipinski definition) is 4. The highest BCUT2D eigenvalue weighted by Gasteiger charge is 2.08. The van der Waals surface area contributed by atoms with Crippen LogP contribution in [-0.2, 0) is 6.42 Å². The van der Waals surface area contributed by atoms with Crippen LogP contribution in [0.25, 0.3) is 11.3 Å². The molecule has 0 amide bonds. The van der Waals surface area contributed by atoms with Crippen LogP contribution < -0.4 is 5.73 Å². The highest BCUT2D eigenvalue weighted by molar-refractivity contribution is 14.1. The smallest absolute Gasteiger partial charge is 0.220 e. The Hall–Kier alpha value is -1.18. The standard InChI is InChI=1S/C9H10IN5/c10-3-1-8-6(5-13-15-8)7-2-4-12-9(11)14-7/h2,4-5H,1,3H2,(H,13,15)(H2,11,12,14). The van der Waals surface area contributed by atoms with Crippen LogP contribution in [0.3, 0.4) is 0 Å². The Labute approximate surface area is 101 Å². The molecule has 3 N–H and O–H groups in total. The largest absolute Gasteiger partial charge is 0.368 e. The minimum Gasteiger partial charge on any atom is -0.368 e. The molecule has 5 nitrogen and oxygen atoms in total. The van der Waals surface area contributed by atoms with Crippen LogP contribution in [0, 0.1) is 0 Å². The summed E-state index contributed by atoms with van der Waals surface area (Å²) < 4.78 is 1.04. The molecule has 0 saturated carbocycles. The number of nitrogens with two attached hydrogens (primary N) is 1. The van der Waals surface area contributed by atoms with E-state index in [-0.39, 0.29) is 5.95 Å². The predicted molar refractivity (Wildman–Crippen MR) is 66.6 cm³/mol. The number of nitrogen functional groups attached to an aromatic ring is 1. The molecule has 2 aromatic rings. The second kappa shape index (κ2) is 4.56. The van der Waals surface area contributed by atoms with E-state index < -0.39 is 0 Å². The van der Waals surface area contributed by atoms with Gasteiger partial charge >= 0.3 is 0 Å². The van der Waals surface area contributed by atoms with Crippen molar-refractivity contribution in [3.8, 4) is 11.3 Å². The summed E-state index contributed by atoms with van der Waals surface area (Å²) in [6.45, 7) is 0. The van der Waals surface area contributed by atoms with E-state index in [0.717, 1.165) is 27.8 Å². The second-order valence-corrected chi connectivity index (χ2v) is 4.08. The zero-order valence-corrected chi connectivity index (χ0v) is 10.1. The molecule has 0 bridgehead atoms. The third-order valence-corrected chi connectivity index (χ3v) is 2.55. The Morgan fingerprint density at radius 3 is 3.07 bits per heavy atom. The number of anilines is 1. The van der Waals surface area contributed by atoms with Gasteiger partial charge in [-0.05, 0) is 12.5 Å². The number of halogens is 1. The fourth-order valence-electron chi connectivity index (χ4n) is 1.34. The molecule has 0 fully saturated rings. The molecule has 6 heteroatoms. The molecule has 78 valence electrons.